The summed E-state index contributed by atoms with van der Waals surface area (Å²) >= 11 is 15.7. The van der Waals surface area contributed by atoms with Gasteiger partial charge in [-0.2, -0.15) is 0 Å². The normalized spacial score (nSPS) is 12.4. The molecule has 0 spiro atoms. The summed E-state index contributed by atoms with van der Waals surface area (Å²) in [7, 11) is 1.97. The molecule has 0 heterocycles. The van der Waals surface area contributed by atoms with Gasteiger partial charge in [-0.1, -0.05) is 62.9 Å². The highest BCUT2D eigenvalue weighted by Crippen LogP contribution is 2.29. The summed E-state index contributed by atoms with van der Waals surface area (Å²) in [6.07, 6.45) is 0.857. The fourth-order valence-corrected chi connectivity index (χ4v) is 3.04. The second kappa shape index (κ2) is 6.95. The van der Waals surface area contributed by atoms with E-state index in [0.29, 0.717) is 10.0 Å². The SMILES string of the molecule is CNC(Cc1ccc(Cl)c(Cl)c1)c1cc(C)ccc1Br. The van der Waals surface area contributed by atoms with Gasteiger partial charge < -0.3 is 5.32 Å². The number of likely N-dealkylation sites (N-methyl/N-ethyl adjacent to an activating group) is 1. The van der Waals surface area contributed by atoms with E-state index in [-0.39, 0.29) is 6.04 Å². The lowest BCUT2D eigenvalue weighted by Crippen LogP contribution is -2.19. The highest BCUT2D eigenvalue weighted by molar-refractivity contribution is 9.10. The molecule has 1 nitrogen and oxygen atoms in total. The molecular formula is C16H16BrCl2N. The van der Waals surface area contributed by atoms with E-state index >= 15 is 0 Å². The maximum Gasteiger partial charge on any atom is 0.0595 e. The van der Waals surface area contributed by atoms with Gasteiger partial charge in [0.25, 0.3) is 0 Å². The van der Waals surface area contributed by atoms with Gasteiger partial charge in [0.05, 0.1) is 10.0 Å². The minimum atomic E-state index is 0.224. The lowest BCUT2D eigenvalue weighted by molar-refractivity contribution is 0.589. The third-order valence-corrected chi connectivity index (χ3v) is 4.76. The van der Waals surface area contributed by atoms with Crippen LogP contribution in [0.2, 0.25) is 10.0 Å². The van der Waals surface area contributed by atoms with Crippen molar-refractivity contribution in [3.05, 3.63) is 67.6 Å². The zero-order valence-electron chi connectivity index (χ0n) is 11.4. The van der Waals surface area contributed by atoms with E-state index in [9.17, 15) is 0 Å². The molecule has 0 aromatic heterocycles. The summed E-state index contributed by atoms with van der Waals surface area (Å²) in [5.41, 5.74) is 3.66. The smallest absolute Gasteiger partial charge is 0.0595 e. The Labute approximate surface area is 138 Å². The first kappa shape index (κ1) is 15.8. The van der Waals surface area contributed by atoms with Crippen molar-refractivity contribution in [2.75, 3.05) is 7.05 Å². The Hall–Kier alpha value is -0.540. The van der Waals surface area contributed by atoms with Crippen molar-refractivity contribution in [1.82, 2.24) is 5.32 Å². The summed E-state index contributed by atoms with van der Waals surface area (Å²) in [5, 5.41) is 4.55. The Morgan fingerprint density at radius 3 is 2.50 bits per heavy atom. The van der Waals surface area contributed by atoms with Gasteiger partial charge in [-0.25, -0.2) is 0 Å². The molecule has 20 heavy (non-hydrogen) atoms. The van der Waals surface area contributed by atoms with Crippen LogP contribution in [-0.4, -0.2) is 7.05 Å². The van der Waals surface area contributed by atoms with Crippen LogP contribution in [0.15, 0.2) is 40.9 Å². The summed E-state index contributed by atoms with van der Waals surface area (Å²) in [5.74, 6) is 0. The molecule has 4 heteroatoms. The number of halogens is 3. The van der Waals surface area contributed by atoms with Crippen molar-refractivity contribution in [3.63, 3.8) is 0 Å². The second-order valence-electron chi connectivity index (χ2n) is 4.82. The van der Waals surface area contributed by atoms with E-state index in [1.54, 1.807) is 0 Å². The van der Waals surface area contributed by atoms with Gasteiger partial charge in [-0.3, -0.25) is 0 Å². The quantitative estimate of drug-likeness (QED) is 0.739. The monoisotopic (exact) mass is 371 g/mol. The Balaban J connectivity index is 2.28. The van der Waals surface area contributed by atoms with Crippen LogP contribution in [0, 0.1) is 6.92 Å². The van der Waals surface area contributed by atoms with E-state index in [1.165, 1.54) is 11.1 Å². The molecular weight excluding hydrogens is 357 g/mol. The van der Waals surface area contributed by atoms with Gasteiger partial charge in [0.2, 0.25) is 0 Å². The molecule has 0 bridgehead atoms. The highest BCUT2D eigenvalue weighted by Gasteiger charge is 2.14. The van der Waals surface area contributed by atoms with E-state index in [4.69, 9.17) is 23.2 Å². The lowest BCUT2D eigenvalue weighted by atomic mass is 9.98. The number of rotatable bonds is 4. The fourth-order valence-electron chi connectivity index (χ4n) is 2.20. The van der Waals surface area contributed by atoms with Crippen LogP contribution in [0.25, 0.3) is 0 Å². The molecule has 1 unspecified atom stereocenters. The van der Waals surface area contributed by atoms with Crippen LogP contribution in [-0.2, 0) is 6.42 Å². The van der Waals surface area contributed by atoms with E-state index in [0.717, 1.165) is 16.5 Å². The highest BCUT2D eigenvalue weighted by atomic mass is 79.9. The largest absolute Gasteiger partial charge is 0.313 e. The fraction of sp³-hybridized carbons (Fsp3) is 0.250. The molecule has 0 aliphatic rings. The average Bonchev–Trinajstić information content (AvgIpc) is 2.43. The molecule has 0 aliphatic carbocycles. The number of hydrogen-bond donors (Lipinski definition) is 1. The van der Waals surface area contributed by atoms with Crippen molar-refractivity contribution >= 4 is 39.1 Å². The first-order chi connectivity index (χ1) is 9.51. The molecule has 2 aromatic carbocycles. The van der Waals surface area contributed by atoms with Crippen LogP contribution in [0.4, 0.5) is 0 Å². The van der Waals surface area contributed by atoms with Crippen molar-refractivity contribution < 1.29 is 0 Å². The number of benzene rings is 2. The predicted molar refractivity (Wildman–Crippen MR) is 90.8 cm³/mol. The van der Waals surface area contributed by atoms with Crippen molar-refractivity contribution in [3.8, 4) is 0 Å². The van der Waals surface area contributed by atoms with Crippen LogP contribution in [0.3, 0.4) is 0 Å². The minimum Gasteiger partial charge on any atom is -0.313 e. The zero-order chi connectivity index (χ0) is 14.7. The topological polar surface area (TPSA) is 12.0 Å². The summed E-state index contributed by atoms with van der Waals surface area (Å²) < 4.78 is 1.11. The van der Waals surface area contributed by atoms with Crippen molar-refractivity contribution in [2.24, 2.45) is 0 Å². The molecule has 1 N–H and O–H groups in total. The summed E-state index contributed by atoms with van der Waals surface area (Å²) in [4.78, 5) is 0. The zero-order valence-corrected chi connectivity index (χ0v) is 14.5. The molecule has 0 aliphatic heterocycles. The van der Waals surface area contributed by atoms with Crippen LogP contribution < -0.4 is 5.32 Å². The van der Waals surface area contributed by atoms with Gasteiger partial charge in [0.1, 0.15) is 0 Å². The molecule has 106 valence electrons. The van der Waals surface area contributed by atoms with Gasteiger partial charge in [-0.05, 0) is 49.7 Å². The average molecular weight is 373 g/mol. The molecule has 0 amide bonds. The van der Waals surface area contributed by atoms with E-state index < -0.39 is 0 Å². The molecule has 0 saturated carbocycles. The maximum absolute atomic E-state index is 6.08. The number of nitrogens with one attached hydrogen (secondary N) is 1. The lowest BCUT2D eigenvalue weighted by Gasteiger charge is -2.19. The number of hydrogen-bond acceptors (Lipinski definition) is 1. The van der Waals surface area contributed by atoms with Gasteiger partial charge in [-0.15, -0.1) is 0 Å². The number of aryl methyl sites for hydroxylation is 1. The van der Waals surface area contributed by atoms with Crippen LogP contribution >= 0.6 is 39.1 Å². The van der Waals surface area contributed by atoms with E-state index in [1.807, 2.05) is 25.2 Å². The Morgan fingerprint density at radius 1 is 1.10 bits per heavy atom. The predicted octanol–water partition coefficient (Wildman–Crippen LogP) is 5.57. The Morgan fingerprint density at radius 2 is 1.85 bits per heavy atom. The van der Waals surface area contributed by atoms with Gasteiger partial charge in [0.15, 0.2) is 0 Å². The van der Waals surface area contributed by atoms with Crippen LogP contribution in [0.1, 0.15) is 22.7 Å². The molecule has 0 saturated heterocycles. The van der Waals surface area contributed by atoms with E-state index in [2.05, 4.69) is 46.4 Å². The molecule has 1 atom stereocenters. The Bertz CT molecular complexity index is 613. The van der Waals surface area contributed by atoms with Crippen LogP contribution in [0.5, 0.6) is 0 Å². The van der Waals surface area contributed by atoms with Crippen molar-refractivity contribution in [2.45, 2.75) is 19.4 Å². The minimum absolute atomic E-state index is 0.224. The third kappa shape index (κ3) is 3.76. The third-order valence-electron chi connectivity index (χ3n) is 3.30. The summed E-state index contributed by atoms with van der Waals surface area (Å²) in [6, 6.07) is 12.4. The van der Waals surface area contributed by atoms with Gasteiger partial charge >= 0.3 is 0 Å². The van der Waals surface area contributed by atoms with Gasteiger partial charge in [0, 0.05) is 10.5 Å². The molecule has 0 fully saturated rings. The molecule has 2 rings (SSSR count). The maximum atomic E-state index is 6.08. The first-order valence-corrected chi connectivity index (χ1v) is 7.93. The van der Waals surface area contributed by atoms with Crippen molar-refractivity contribution in [1.29, 1.82) is 0 Å². The molecule has 2 aromatic rings. The Kier molecular flexibility index (Phi) is 5.50. The second-order valence-corrected chi connectivity index (χ2v) is 6.49. The standard InChI is InChI=1S/C16H16BrCl2N/c1-10-3-5-13(17)12(7-10)16(20-2)9-11-4-6-14(18)15(19)8-11/h3-8,16,20H,9H2,1-2H3. The first-order valence-electron chi connectivity index (χ1n) is 6.38. The molecule has 0 radical (unpaired) electrons. The summed E-state index contributed by atoms with van der Waals surface area (Å²) in [6.45, 7) is 2.10.